The monoisotopic (exact) mass is 346 g/mol. The highest BCUT2D eigenvalue weighted by Gasteiger charge is 2.25. The van der Waals surface area contributed by atoms with Gasteiger partial charge in [-0.2, -0.15) is 0 Å². The van der Waals surface area contributed by atoms with E-state index in [1.54, 1.807) is 0 Å². The van der Waals surface area contributed by atoms with Crippen LogP contribution in [0.25, 0.3) is 0 Å². The molecule has 140 valence electrons. The van der Waals surface area contributed by atoms with Crippen LogP contribution in [0.1, 0.15) is 104 Å². The van der Waals surface area contributed by atoms with E-state index in [0.29, 0.717) is 0 Å². The van der Waals surface area contributed by atoms with Crippen molar-refractivity contribution in [2.45, 2.75) is 104 Å². The van der Waals surface area contributed by atoms with Crippen LogP contribution >= 0.6 is 11.6 Å². The summed E-state index contributed by atoms with van der Waals surface area (Å²) >= 11 is 5.94. The van der Waals surface area contributed by atoms with Crippen molar-refractivity contribution >= 4 is 11.6 Å². The van der Waals surface area contributed by atoms with Gasteiger partial charge in [-0.3, -0.25) is 0 Å². The Kier molecular flexibility index (Phi) is 17.3. The number of nitrogens with zero attached hydrogens (tertiary/aromatic N) is 1. The van der Waals surface area contributed by atoms with Crippen LogP contribution in [0, 0.1) is 0 Å². The van der Waals surface area contributed by atoms with Gasteiger partial charge in [-0.05, 0) is 51.4 Å². The van der Waals surface area contributed by atoms with Crippen LogP contribution in [0.2, 0.25) is 0 Å². The van der Waals surface area contributed by atoms with E-state index in [1.165, 1.54) is 114 Å². The fraction of sp³-hybridized carbons (Fsp3) is 1.00. The number of unbranched alkanes of at least 4 members (excludes halogenated alkanes) is 9. The van der Waals surface area contributed by atoms with Crippen molar-refractivity contribution in [3.63, 3.8) is 0 Å². The molecule has 0 amide bonds. The molecule has 0 bridgehead atoms. The molecule has 1 nitrogen and oxygen atoms in total. The van der Waals surface area contributed by atoms with Crippen molar-refractivity contribution < 1.29 is 4.48 Å². The zero-order chi connectivity index (χ0) is 17.2. The Morgan fingerprint density at radius 1 is 0.478 bits per heavy atom. The smallest absolute Gasteiger partial charge is 0.0787 e. The molecule has 0 aliphatic carbocycles. The zero-order valence-corrected chi connectivity index (χ0v) is 17.3. The van der Waals surface area contributed by atoms with Crippen LogP contribution in [-0.4, -0.2) is 36.5 Å². The number of hydrogen-bond donors (Lipinski definition) is 0. The largest absolute Gasteiger partial charge is 0.324 e. The first kappa shape index (κ1) is 23.2. The van der Waals surface area contributed by atoms with Gasteiger partial charge in [0.25, 0.3) is 0 Å². The lowest BCUT2D eigenvalue weighted by atomic mass is 10.1. The van der Waals surface area contributed by atoms with Gasteiger partial charge in [0.1, 0.15) is 0 Å². The summed E-state index contributed by atoms with van der Waals surface area (Å²) in [4.78, 5) is 0. The molecule has 0 radical (unpaired) electrons. The van der Waals surface area contributed by atoms with Crippen molar-refractivity contribution in [3.8, 4) is 0 Å². The molecule has 23 heavy (non-hydrogen) atoms. The summed E-state index contributed by atoms with van der Waals surface area (Å²) in [5.74, 6) is 0.834. The maximum atomic E-state index is 5.94. The zero-order valence-electron chi connectivity index (χ0n) is 16.6. The second kappa shape index (κ2) is 17.1. The van der Waals surface area contributed by atoms with Crippen molar-refractivity contribution in [3.05, 3.63) is 0 Å². The van der Waals surface area contributed by atoms with E-state index in [0.717, 1.165) is 5.88 Å². The third-order valence-electron chi connectivity index (χ3n) is 5.22. The van der Waals surface area contributed by atoms with Gasteiger partial charge >= 0.3 is 0 Å². The Morgan fingerprint density at radius 2 is 0.826 bits per heavy atom. The first-order chi connectivity index (χ1) is 11.2. The second-order valence-electron chi connectivity index (χ2n) is 7.46. The molecule has 0 unspecified atom stereocenters. The minimum Gasteiger partial charge on any atom is -0.324 e. The van der Waals surface area contributed by atoms with Gasteiger partial charge in [0, 0.05) is 5.88 Å². The molecular formula is C21H45ClN+. The first-order valence-electron chi connectivity index (χ1n) is 10.7. The topological polar surface area (TPSA) is 0 Å². The molecule has 0 aromatic rings. The van der Waals surface area contributed by atoms with Gasteiger partial charge in [0.2, 0.25) is 0 Å². The fourth-order valence-corrected chi connectivity index (χ4v) is 3.85. The molecule has 0 fully saturated rings. The average molecular weight is 347 g/mol. The Balaban J connectivity index is 4.55. The van der Waals surface area contributed by atoms with E-state index in [9.17, 15) is 0 Å². The summed E-state index contributed by atoms with van der Waals surface area (Å²) in [7, 11) is 0. The van der Waals surface area contributed by atoms with Crippen molar-refractivity contribution in [2.24, 2.45) is 0 Å². The molecule has 0 rings (SSSR count). The third kappa shape index (κ3) is 13.2. The molecule has 0 saturated heterocycles. The van der Waals surface area contributed by atoms with Crippen molar-refractivity contribution in [1.29, 1.82) is 0 Å². The molecule has 0 heterocycles. The SMILES string of the molecule is CCCCCC[N+](CCCCC)(CCCCCl)CCCCCC. The van der Waals surface area contributed by atoms with E-state index in [4.69, 9.17) is 11.6 Å². The second-order valence-corrected chi connectivity index (χ2v) is 7.84. The van der Waals surface area contributed by atoms with Crippen LogP contribution in [0.4, 0.5) is 0 Å². The Morgan fingerprint density at radius 3 is 1.22 bits per heavy atom. The summed E-state index contributed by atoms with van der Waals surface area (Å²) < 4.78 is 1.39. The van der Waals surface area contributed by atoms with E-state index < -0.39 is 0 Å². The molecule has 0 saturated carbocycles. The van der Waals surface area contributed by atoms with Gasteiger partial charge in [0.05, 0.1) is 26.2 Å². The summed E-state index contributed by atoms with van der Waals surface area (Å²) in [5, 5.41) is 0. The van der Waals surface area contributed by atoms with Crippen LogP contribution in [0.15, 0.2) is 0 Å². The van der Waals surface area contributed by atoms with Crippen molar-refractivity contribution in [2.75, 3.05) is 32.1 Å². The standard InChI is InChI=1S/C21H45ClN/c1-4-7-10-14-19-23(18-13-9-6-3,21-16-12-17-22)20-15-11-8-5-2/h4-21H2,1-3H3/q+1. The van der Waals surface area contributed by atoms with Gasteiger partial charge < -0.3 is 4.48 Å². The molecule has 2 heteroatoms. The first-order valence-corrected chi connectivity index (χ1v) is 11.2. The van der Waals surface area contributed by atoms with Gasteiger partial charge in [0.15, 0.2) is 0 Å². The normalized spacial score (nSPS) is 12.0. The fourth-order valence-electron chi connectivity index (χ4n) is 3.66. The quantitative estimate of drug-likeness (QED) is 0.140. The number of halogens is 1. The van der Waals surface area contributed by atoms with Gasteiger partial charge in [-0.25, -0.2) is 0 Å². The molecule has 0 spiro atoms. The average Bonchev–Trinajstić information content (AvgIpc) is 2.56. The van der Waals surface area contributed by atoms with Crippen LogP contribution in [-0.2, 0) is 0 Å². The molecule has 0 N–H and O–H groups in total. The van der Waals surface area contributed by atoms with Crippen LogP contribution in [0.5, 0.6) is 0 Å². The minimum absolute atomic E-state index is 0.834. The lowest BCUT2D eigenvalue weighted by molar-refractivity contribution is -0.929. The predicted molar refractivity (Wildman–Crippen MR) is 107 cm³/mol. The van der Waals surface area contributed by atoms with E-state index in [-0.39, 0.29) is 0 Å². The third-order valence-corrected chi connectivity index (χ3v) is 5.49. The number of hydrogen-bond acceptors (Lipinski definition) is 0. The summed E-state index contributed by atoms with van der Waals surface area (Å²) in [6.45, 7) is 12.6. The lowest BCUT2D eigenvalue weighted by Gasteiger charge is -2.39. The Hall–Kier alpha value is 0.250. The van der Waals surface area contributed by atoms with Crippen LogP contribution in [0.3, 0.4) is 0 Å². The molecule has 0 aliphatic heterocycles. The summed E-state index contributed by atoms with van der Waals surface area (Å²) in [6, 6.07) is 0. The summed E-state index contributed by atoms with van der Waals surface area (Å²) in [6.07, 6.45) is 17.9. The maximum Gasteiger partial charge on any atom is 0.0787 e. The molecule has 0 aliphatic rings. The Labute approximate surface area is 152 Å². The number of quaternary nitrogens is 1. The van der Waals surface area contributed by atoms with E-state index in [2.05, 4.69) is 20.8 Å². The number of alkyl halides is 1. The maximum absolute atomic E-state index is 5.94. The minimum atomic E-state index is 0.834. The van der Waals surface area contributed by atoms with Crippen LogP contribution < -0.4 is 0 Å². The molecule has 0 aromatic carbocycles. The van der Waals surface area contributed by atoms with E-state index >= 15 is 0 Å². The van der Waals surface area contributed by atoms with Gasteiger partial charge in [-0.1, -0.05) is 52.9 Å². The predicted octanol–water partition coefficient (Wildman–Crippen LogP) is 7.17. The summed E-state index contributed by atoms with van der Waals surface area (Å²) in [5.41, 5.74) is 0. The molecular weight excluding hydrogens is 302 g/mol. The van der Waals surface area contributed by atoms with Crippen molar-refractivity contribution in [1.82, 2.24) is 0 Å². The highest BCUT2D eigenvalue weighted by Crippen LogP contribution is 2.18. The highest BCUT2D eigenvalue weighted by molar-refractivity contribution is 6.17. The number of rotatable bonds is 18. The Bertz CT molecular complexity index is 206. The van der Waals surface area contributed by atoms with E-state index in [1.807, 2.05) is 0 Å². The lowest BCUT2D eigenvalue weighted by Crippen LogP contribution is -2.50. The highest BCUT2D eigenvalue weighted by atomic mass is 35.5. The molecule has 0 atom stereocenters. The van der Waals surface area contributed by atoms with Gasteiger partial charge in [-0.15, -0.1) is 11.6 Å². The molecule has 0 aromatic heterocycles.